The number of nitrogens with one attached hydrogen (secondary N) is 2. The fourth-order valence-electron chi connectivity index (χ4n) is 1.94. The average molecular weight is 273 g/mol. The molecule has 0 atom stereocenters. The summed E-state index contributed by atoms with van der Waals surface area (Å²) >= 11 is 0. The van der Waals surface area contributed by atoms with Crippen molar-refractivity contribution in [2.24, 2.45) is 0 Å². The van der Waals surface area contributed by atoms with E-state index in [1.807, 2.05) is 37.3 Å². The van der Waals surface area contributed by atoms with Crippen molar-refractivity contribution in [2.75, 3.05) is 20.1 Å². The summed E-state index contributed by atoms with van der Waals surface area (Å²) < 4.78 is 0. The molecule has 1 heterocycles. The van der Waals surface area contributed by atoms with Gasteiger partial charge in [0, 0.05) is 31.2 Å². The average Bonchev–Trinajstić information content (AvgIpc) is 2.46. The number of H-pyrrole nitrogens is 1. The van der Waals surface area contributed by atoms with Crippen LogP contribution in [0.3, 0.4) is 0 Å². The van der Waals surface area contributed by atoms with Crippen LogP contribution >= 0.6 is 0 Å². The molecule has 106 valence electrons. The Labute approximate surface area is 117 Å². The first kappa shape index (κ1) is 14.3. The van der Waals surface area contributed by atoms with E-state index in [1.54, 1.807) is 11.9 Å². The molecule has 1 aromatic heterocycles. The Balaban J connectivity index is 2.05. The number of nitrogens with zero attached hydrogens (tertiary/aromatic N) is 1. The molecule has 0 saturated heterocycles. The lowest BCUT2D eigenvalue weighted by molar-refractivity contribution is -0.128. The largest absolute Gasteiger partial charge is 0.345 e. The number of amides is 1. The van der Waals surface area contributed by atoms with E-state index in [0.29, 0.717) is 18.7 Å². The zero-order valence-corrected chi connectivity index (χ0v) is 11.8. The quantitative estimate of drug-likeness (QED) is 0.857. The highest BCUT2D eigenvalue weighted by atomic mass is 16.2. The summed E-state index contributed by atoms with van der Waals surface area (Å²) in [4.78, 5) is 28.0. The van der Waals surface area contributed by atoms with Gasteiger partial charge in [0.15, 0.2) is 0 Å². The van der Waals surface area contributed by atoms with Gasteiger partial charge in [0.05, 0.1) is 6.54 Å². The highest BCUT2D eigenvalue weighted by Crippen LogP contribution is 2.09. The van der Waals surface area contributed by atoms with Gasteiger partial charge < -0.3 is 15.2 Å². The highest BCUT2D eigenvalue weighted by molar-refractivity contribution is 5.79. The van der Waals surface area contributed by atoms with Crippen LogP contribution in [-0.2, 0) is 11.3 Å². The maximum Gasteiger partial charge on any atom is 0.252 e. The van der Waals surface area contributed by atoms with Gasteiger partial charge in [-0.25, -0.2) is 0 Å². The summed E-state index contributed by atoms with van der Waals surface area (Å²) in [6, 6.07) is 9.49. The Kier molecular flexibility index (Phi) is 4.53. The molecule has 0 aliphatic heterocycles. The molecule has 0 fully saturated rings. The highest BCUT2D eigenvalue weighted by Gasteiger charge is 2.07. The third kappa shape index (κ3) is 3.24. The van der Waals surface area contributed by atoms with Gasteiger partial charge in [0.1, 0.15) is 0 Å². The number of hydrogen-bond donors (Lipinski definition) is 2. The second-order valence-electron chi connectivity index (χ2n) is 4.72. The van der Waals surface area contributed by atoms with Gasteiger partial charge in [-0.2, -0.15) is 0 Å². The van der Waals surface area contributed by atoms with Gasteiger partial charge in [0.2, 0.25) is 5.91 Å². The molecule has 2 rings (SSSR count). The molecule has 0 aliphatic carbocycles. The number of likely N-dealkylation sites (N-methyl/N-ethyl adjacent to an activating group) is 1. The van der Waals surface area contributed by atoms with Crippen molar-refractivity contribution in [1.82, 2.24) is 15.2 Å². The van der Waals surface area contributed by atoms with E-state index in [2.05, 4.69) is 10.3 Å². The monoisotopic (exact) mass is 273 g/mol. The summed E-state index contributed by atoms with van der Waals surface area (Å²) in [7, 11) is 1.76. The van der Waals surface area contributed by atoms with Crippen LogP contribution in [0.2, 0.25) is 0 Å². The third-order valence-corrected chi connectivity index (χ3v) is 3.32. The maximum absolute atomic E-state index is 11.9. The Morgan fingerprint density at radius 1 is 1.35 bits per heavy atom. The summed E-state index contributed by atoms with van der Waals surface area (Å²) in [5.74, 6) is 0.0183. The number of fused-ring (bicyclic) bond motifs is 1. The fourth-order valence-corrected chi connectivity index (χ4v) is 1.94. The van der Waals surface area contributed by atoms with Crippen molar-refractivity contribution in [1.29, 1.82) is 0 Å². The van der Waals surface area contributed by atoms with Crippen LogP contribution in [0.25, 0.3) is 10.9 Å². The van der Waals surface area contributed by atoms with Gasteiger partial charge in [-0.15, -0.1) is 0 Å². The summed E-state index contributed by atoms with van der Waals surface area (Å²) in [6.45, 7) is 3.21. The third-order valence-electron chi connectivity index (χ3n) is 3.32. The Bertz CT molecular complexity index is 663. The maximum atomic E-state index is 11.9. The number of carbonyl (C=O) groups is 1. The number of carbonyl (C=O) groups excluding carboxylic acids is 1. The predicted molar refractivity (Wildman–Crippen MR) is 79.6 cm³/mol. The lowest BCUT2D eigenvalue weighted by atomic mass is 10.1. The second kappa shape index (κ2) is 6.34. The first-order chi connectivity index (χ1) is 9.61. The van der Waals surface area contributed by atoms with Crippen molar-refractivity contribution in [3.63, 3.8) is 0 Å². The minimum atomic E-state index is -0.118. The minimum Gasteiger partial charge on any atom is -0.345 e. The van der Waals surface area contributed by atoms with E-state index in [-0.39, 0.29) is 18.0 Å². The van der Waals surface area contributed by atoms with Gasteiger partial charge in [-0.1, -0.05) is 18.2 Å². The van der Waals surface area contributed by atoms with Gasteiger partial charge in [0.25, 0.3) is 5.56 Å². The molecule has 0 radical (unpaired) electrons. The molecule has 0 saturated carbocycles. The van der Waals surface area contributed by atoms with Crippen LogP contribution in [-0.4, -0.2) is 35.9 Å². The lowest BCUT2D eigenvalue weighted by Gasteiger charge is -2.14. The normalized spacial score (nSPS) is 10.7. The van der Waals surface area contributed by atoms with Crippen molar-refractivity contribution in [3.05, 3.63) is 46.2 Å². The fraction of sp³-hybridized carbons (Fsp3) is 0.333. The molecule has 1 aromatic carbocycles. The lowest BCUT2D eigenvalue weighted by Crippen LogP contribution is -2.35. The Morgan fingerprint density at radius 3 is 2.85 bits per heavy atom. The molecule has 5 heteroatoms. The van der Waals surface area contributed by atoms with Crippen molar-refractivity contribution in [3.8, 4) is 0 Å². The first-order valence-electron chi connectivity index (χ1n) is 6.67. The van der Waals surface area contributed by atoms with Crippen molar-refractivity contribution < 1.29 is 4.79 Å². The van der Waals surface area contributed by atoms with E-state index in [9.17, 15) is 9.59 Å². The smallest absolute Gasteiger partial charge is 0.252 e. The number of rotatable bonds is 5. The Morgan fingerprint density at radius 2 is 2.10 bits per heavy atom. The van der Waals surface area contributed by atoms with E-state index < -0.39 is 0 Å². The molecule has 0 bridgehead atoms. The van der Waals surface area contributed by atoms with E-state index >= 15 is 0 Å². The predicted octanol–water partition coefficient (Wildman–Crippen LogP) is 1.10. The second-order valence-corrected chi connectivity index (χ2v) is 4.72. The molecule has 20 heavy (non-hydrogen) atoms. The van der Waals surface area contributed by atoms with Crippen LogP contribution < -0.4 is 10.9 Å². The van der Waals surface area contributed by atoms with Gasteiger partial charge in [-0.05, 0) is 24.4 Å². The molecular weight excluding hydrogens is 254 g/mol. The molecule has 0 unspecified atom stereocenters. The van der Waals surface area contributed by atoms with E-state index in [4.69, 9.17) is 0 Å². The molecule has 5 nitrogen and oxygen atoms in total. The first-order valence-corrected chi connectivity index (χ1v) is 6.67. The van der Waals surface area contributed by atoms with Crippen molar-refractivity contribution >= 4 is 16.8 Å². The van der Waals surface area contributed by atoms with Crippen LogP contribution in [0.15, 0.2) is 35.1 Å². The standard InChI is InChI=1S/C15H19N3O2/c1-3-18(2)14(19)10-16-9-12-8-11-6-4-5-7-13(11)17-15(12)20/h4-8,16H,3,9-10H2,1-2H3,(H,17,20). The molecule has 2 N–H and O–H groups in total. The molecule has 0 aliphatic rings. The number of para-hydroxylation sites is 1. The van der Waals surface area contributed by atoms with Crippen LogP contribution in [0.5, 0.6) is 0 Å². The van der Waals surface area contributed by atoms with Gasteiger partial charge in [-0.3, -0.25) is 9.59 Å². The number of pyridine rings is 1. The summed E-state index contributed by atoms with van der Waals surface area (Å²) in [5.41, 5.74) is 1.34. The SMILES string of the molecule is CCN(C)C(=O)CNCc1cc2ccccc2[nH]c1=O. The molecule has 0 spiro atoms. The van der Waals surface area contributed by atoms with Crippen LogP contribution in [0, 0.1) is 0 Å². The van der Waals surface area contributed by atoms with Crippen LogP contribution in [0.1, 0.15) is 12.5 Å². The van der Waals surface area contributed by atoms with E-state index in [1.165, 1.54) is 0 Å². The zero-order valence-electron chi connectivity index (χ0n) is 11.8. The minimum absolute atomic E-state index is 0.0183. The zero-order chi connectivity index (χ0) is 14.5. The summed E-state index contributed by atoms with van der Waals surface area (Å²) in [5, 5.41) is 4.00. The van der Waals surface area contributed by atoms with Gasteiger partial charge >= 0.3 is 0 Å². The summed E-state index contributed by atoms with van der Waals surface area (Å²) in [6.07, 6.45) is 0. The molecule has 2 aromatic rings. The van der Waals surface area contributed by atoms with Crippen LogP contribution in [0.4, 0.5) is 0 Å². The van der Waals surface area contributed by atoms with Crippen molar-refractivity contribution in [2.45, 2.75) is 13.5 Å². The number of hydrogen-bond acceptors (Lipinski definition) is 3. The topological polar surface area (TPSA) is 65.2 Å². The molecule has 1 amide bonds. The Hall–Kier alpha value is -2.14. The number of aromatic amines is 1. The number of aromatic nitrogens is 1. The molecular formula is C15H19N3O2. The van der Waals surface area contributed by atoms with E-state index in [0.717, 1.165) is 10.9 Å². The number of benzene rings is 1.